The van der Waals surface area contributed by atoms with Gasteiger partial charge in [0.2, 0.25) is 0 Å². The van der Waals surface area contributed by atoms with Gasteiger partial charge in [0, 0.05) is 27.0 Å². The zero-order valence-electron chi connectivity index (χ0n) is 18.8. The molecule has 1 amide bonds. The SMILES string of the molecule is O=C(Nc1cccc(Cl)c1)c1ccc2c(=O)n(-c3ccccc3)c(SCc3cccc(Cl)c3)nc2c1. The third kappa shape index (κ3) is 5.31. The van der Waals surface area contributed by atoms with Crippen molar-refractivity contribution in [1.82, 2.24) is 9.55 Å². The molecule has 178 valence electrons. The topological polar surface area (TPSA) is 64.0 Å². The van der Waals surface area contributed by atoms with Crippen molar-refractivity contribution in [3.8, 4) is 5.69 Å². The van der Waals surface area contributed by atoms with Gasteiger partial charge in [0.1, 0.15) is 0 Å². The van der Waals surface area contributed by atoms with Gasteiger partial charge in [-0.05, 0) is 66.2 Å². The van der Waals surface area contributed by atoms with E-state index in [4.69, 9.17) is 28.2 Å². The minimum absolute atomic E-state index is 0.207. The molecule has 0 radical (unpaired) electrons. The zero-order valence-corrected chi connectivity index (χ0v) is 21.1. The van der Waals surface area contributed by atoms with Crippen LogP contribution in [0.15, 0.2) is 107 Å². The lowest BCUT2D eigenvalue weighted by atomic mass is 10.1. The van der Waals surface area contributed by atoms with Crippen molar-refractivity contribution in [3.05, 3.63) is 129 Å². The molecule has 0 unspecified atom stereocenters. The summed E-state index contributed by atoms with van der Waals surface area (Å²) in [4.78, 5) is 31.3. The molecular weight excluding hydrogens is 513 g/mol. The fraction of sp³-hybridized carbons (Fsp3) is 0.0357. The molecule has 0 saturated carbocycles. The highest BCUT2D eigenvalue weighted by atomic mass is 35.5. The van der Waals surface area contributed by atoms with E-state index in [1.54, 1.807) is 47.0 Å². The Bertz CT molecular complexity index is 1640. The summed E-state index contributed by atoms with van der Waals surface area (Å²) in [5, 5.41) is 4.94. The van der Waals surface area contributed by atoms with Crippen molar-refractivity contribution in [2.24, 2.45) is 0 Å². The Morgan fingerprint density at radius 2 is 1.61 bits per heavy atom. The van der Waals surface area contributed by atoms with Gasteiger partial charge in [0.25, 0.3) is 11.5 Å². The number of aromatic nitrogens is 2. The molecule has 0 fully saturated rings. The maximum atomic E-state index is 13.6. The number of carbonyl (C=O) groups excluding carboxylic acids is 1. The van der Waals surface area contributed by atoms with Gasteiger partial charge >= 0.3 is 0 Å². The normalized spacial score (nSPS) is 10.9. The molecule has 1 N–H and O–H groups in total. The lowest BCUT2D eigenvalue weighted by molar-refractivity contribution is 0.102. The average molecular weight is 532 g/mol. The van der Waals surface area contributed by atoms with Crippen LogP contribution in [0.5, 0.6) is 0 Å². The van der Waals surface area contributed by atoms with Crippen LogP contribution in [0.1, 0.15) is 15.9 Å². The minimum Gasteiger partial charge on any atom is -0.322 e. The van der Waals surface area contributed by atoms with E-state index in [0.29, 0.717) is 48.8 Å². The molecule has 4 aromatic carbocycles. The summed E-state index contributed by atoms with van der Waals surface area (Å²) in [7, 11) is 0. The number of fused-ring (bicyclic) bond motifs is 1. The van der Waals surface area contributed by atoms with Gasteiger partial charge in [-0.1, -0.05) is 71.4 Å². The Kier molecular flexibility index (Phi) is 7.09. The van der Waals surface area contributed by atoms with Crippen LogP contribution in [0.25, 0.3) is 16.6 Å². The number of benzene rings is 4. The van der Waals surface area contributed by atoms with Crippen molar-refractivity contribution < 1.29 is 4.79 Å². The predicted molar refractivity (Wildman–Crippen MR) is 148 cm³/mol. The number of hydrogen-bond donors (Lipinski definition) is 1. The highest BCUT2D eigenvalue weighted by molar-refractivity contribution is 7.98. The Morgan fingerprint density at radius 1 is 0.861 bits per heavy atom. The summed E-state index contributed by atoms with van der Waals surface area (Å²) in [6.07, 6.45) is 0. The maximum absolute atomic E-state index is 13.6. The average Bonchev–Trinajstić information content (AvgIpc) is 2.88. The number of amides is 1. The molecule has 0 aliphatic heterocycles. The molecule has 36 heavy (non-hydrogen) atoms. The van der Waals surface area contributed by atoms with Crippen molar-refractivity contribution >= 4 is 57.5 Å². The van der Waals surface area contributed by atoms with E-state index < -0.39 is 0 Å². The number of hydrogen-bond acceptors (Lipinski definition) is 4. The summed E-state index contributed by atoms with van der Waals surface area (Å²) in [6, 6.07) is 28.8. The highest BCUT2D eigenvalue weighted by Gasteiger charge is 2.16. The molecule has 1 heterocycles. The second-order valence-electron chi connectivity index (χ2n) is 7.99. The second kappa shape index (κ2) is 10.6. The van der Waals surface area contributed by atoms with Crippen LogP contribution >= 0.6 is 35.0 Å². The standard InChI is InChI=1S/C28H19Cl2N3O2S/c29-20-7-4-6-18(14-20)17-36-28-32-25-15-19(26(34)31-22-9-5-8-21(30)16-22)12-13-24(25)27(35)33(28)23-10-2-1-3-11-23/h1-16H,17H2,(H,31,34). The smallest absolute Gasteiger partial charge is 0.266 e. The van der Waals surface area contributed by atoms with E-state index in [2.05, 4.69) is 5.32 Å². The summed E-state index contributed by atoms with van der Waals surface area (Å²) in [5.74, 6) is 0.252. The summed E-state index contributed by atoms with van der Waals surface area (Å²) >= 11 is 13.6. The van der Waals surface area contributed by atoms with Crippen LogP contribution in [-0.4, -0.2) is 15.5 Å². The first-order valence-electron chi connectivity index (χ1n) is 11.0. The van der Waals surface area contributed by atoms with Crippen molar-refractivity contribution in [1.29, 1.82) is 0 Å². The number of para-hydroxylation sites is 1. The van der Waals surface area contributed by atoms with Gasteiger partial charge in [-0.15, -0.1) is 0 Å². The Balaban J connectivity index is 1.55. The molecule has 5 nitrogen and oxygen atoms in total. The van der Waals surface area contributed by atoms with Crippen LogP contribution in [0, 0.1) is 0 Å². The fourth-order valence-corrected chi connectivity index (χ4v) is 5.11. The van der Waals surface area contributed by atoms with Gasteiger partial charge < -0.3 is 5.32 Å². The summed E-state index contributed by atoms with van der Waals surface area (Å²) in [5.41, 5.74) is 2.93. The molecule has 5 rings (SSSR count). The van der Waals surface area contributed by atoms with E-state index in [9.17, 15) is 9.59 Å². The molecule has 5 aromatic rings. The van der Waals surface area contributed by atoms with Crippen molar-refractivity contribution in [3.63, 3.8) is 0 Å². The molecule has 0 atom stereocenters. The third-order valence-corrected chi connectivity index (χ3v) is 6.93. The van der Waals surface area contributed by atoms with E-state index in [1.165, 1.54) is 11.8 Å². The van der Waals surface area contributed by atoms with Crippen LogP contribution in [0.2, 0.25) is 10.0 Å². The number of anilines is 1. The largest absolute Gasteiger partial charge is 0.322 e. The van der Waals surface area contributed by atoms with E-state index in [-0.39, 0.29) is 11.5 Å². The first-order chi connectivity index (χ1) is 17.5. The monoisotopic (exact) mass is 531 g/mol. The molecule has 0 aliphatic carbocycles. The van der Waals surface area contributed by atoms with Crippen LogP contribution in [-0.2, 0) is 5.75 Å². The lowest BCUT2D eigenvalue weighted by Crippen LogP contribution is -2.22. The number of rotatable bonds is 6. The molecule has 1 aromatic heterocycles. The molecule has 0 bridgehead atoms. The molecule has 8 heteroatoms. The van der Waals surface area contributed by atoms with E-state index >= 15 is 0 Å². The quantitative estimate of drug-likeness (QED) is 0.185. The van der Waals surface area contributed by atoms with Crippen LogP contribution in [0.4, 0.5) is 5.69 Å². The summed E-state index contributed by atoms with van der Waals surface area (Å²) in [6.45, 7) is 0. The van der Waals surface area contributed by atoms with E-state index in [0.717, 1.165) is 5.56 Å². The fourth-order valence-electron chi connectivity index (χ4n) is 3.75. The molecule has 0 spiro atoms. The highest BCUT2D eigenvalue weighted by Crippen LogP contribution is 2.26. The van der Waals surface area contributed by atoms with Gasteiger partial charge in [-0.2, -0.15) is 0 Å². The number of thioether (sulfide) groups is 1. The molecular formula is C28H19Cl2N3O2S. The Hall–Kier alpha value is -3.58. The zero-order chi connectivity index (χ0) is 25.1. The number of carbonyl (C=O) groups is 1. The third-order valence-electron chi connectivity index (χ3n) is 5.45. The van der Waals surface area contributed by atoms with Crippen LogP contribution in [0.3, 0.4) is 0 Å². The molecule has 0 saturated heterocycles. The number of nitrogens with one attached hydrogen (secondary N) is 1. The molecule has 0 aliphatic rings. The lowest BCUT2D eigenvalue weighted by Gasteiger charge is -2.14. The van der Waals surface area contributed by atoms with Crippen LogP contribution < -0.4 is 10.9 Å². The van der Waals surface area contributed by atoms with E-state index in [1.807, 2.05) is 54.6 Å². The summed E-state index contributed by atoms with van der Waals surface area (Å²) < 4.78 is 1.60. The van der Waals surface area contributed by atoms with Gasteiger partial charge in [-0.3, -0.25) is 14.2 Å². The minimum atomic E-state index is -0.318. The first kappa shape index (κ1) is 24.1. The Morgan fingerprint density at radius 3 is 2.36 bits per heavy atom. The van der Waals surface area contributed by atoms with Gasteiger partial charge in [0.05, 0.1) is 16.6 Å². The second-order valence-corrected chi connectivity index (χ2v) is 9.80. The van der Waals surface area contributed by atoms with Crippen molar-refractivity contribution in [2.75, 3.05) is 5.32 Å². The number of halogens is 2. The van der Waals surface area contributed by atoms with Gasteiger partial charge in [0.15, 0.2) is 5.16 Å². The predicted octanol–water partition coefficient (Wildman–Crippen LogP) is 7.24. The van der Waals surface area contributed by atoms with Crippen molar-refractivity contribution in [2.45, 2.75) is 10.9 Å². The number of nitrogens with zero attached hydrogens (tertiary/aromatic N) is 2. The van der Waals surface area contributed by atoms with Gasteiger partial charge in [-0.25, -0.2) is 4.98 Å². The maximum Gasteiger partial charge on any atom is 0.266 e. The first-order valence-corrected chi connectivity index (χ1v) is 12.8. The Labute approximate surface area is 221 Å².